The molecule has 0 radical (unpaired) electrons. The van der Waals surface area contributed by atoms with Crippen molar-refractivity contribution in [3.8, 4) is 11.5 Å². The van der Waals surface area contributed by atoms with E-state index >= 15 is 0 Å². The molecule has 3 aromatic rings. The van der Waals surface area contributed by atoms with Gasteiger partial charge in [0.1, 0.15) is 5.75 Å². The molecule has 2 saturated heterocycles. The number of nitrogens with one attached hydrogen (secondary N) is 1. The number of anilines is 1. The van der Waals surface area contributed by atoms with Crippen LogP contribution in [0, 0.1) is 30.3 Å². The number of benzene rings is 3. The van der Waals surface area contributed by atoms with E-state index in [-0.39, 0.29) is 36.5 Å². The second kappa shape index (κ2) is 15.8. The van der Waals surface area contributed by atoms with Gasteiger partial charge in [0.2, 0.25) is 5.91 Å². The highest BCUT2D eigenvalue weighted by atomic mass is 35.5. The van der Waals surface area contributed by atoms with Crippen molar-refractivity contribution >= 4 is 36.4 Å². The van der Waals surface area contributed by atoms with Crippen LogP contribution < -0.4 is 10.1 Å². The molecule has 3 aromatic carbocycles. The summed E-state index contributed by atoms with van der Waals surface area (Å²) in [5.74, 6) is -2.34. The number of likely N-dealkylation sites (tertiary alicyclic amines) is 2. The smallest absolute Gasteiger partial charge is 0.224 e. The largest absolute Gasteiger partial charge is 0.454 e. The first-order chi connectivity index (χ1) is 19.7. The minimum absolute atomic E-state index is 0. The molecule has 1 N–H and O–H groups in total. The molecule has 0 spiro atoms. The number of rotatable bonds is 8. The number of ether oxygens (including phenoxy) is 1. The third kappa shape index (κ3) is 9.35. The van der Waals surface area contributed by atoms with Gasteiger partial charge in [0.05, 0.1) is 0 Å². The summed E-state index contributed by atoms with van der Waals surface area (Å²) in [7, 11) is 2.13. The molecule has 2 fully saturated rings. The summed E-state index contributed by atoms with van der Waals surface area (Å²) >= 11 is 0. The van der Waals surface area contributed by atoms with Crippen LogP contribution >= 0.6 is 24.8 Å². The zero-order valence-electron chi connectivity index (χ0n) is 24.6. The standard InChI is InChI=1S/C33H38F3N3O2.2ClH/c1-22-3-6-26(37-33(40)17-23-9-13-38(2)14-10-23)18-28(22)25-11-15-39(16-12-25)21-24-4-7-27(8-5-24)41-32-20-30(35)29(34)19-31(32)36;;/h3-8,18-20,23,25H,9-17,21H2,1-2H3,(H,37,40);2*1H. The summed E-state index contributed by atoms with van der Waals surface area (Å²) in [5.41, 5.74) is 4.54. The normalized spacial score (nSPS) is 16.7. The van der Waals surface area contributed by atoms with Crippen LogP contribution in [0.3, 0.4) is 0 Å². The molecule has 5 nitrogen and oxygen atoms in total. The number of carbonyl (C=O) groups excluding carboxylic acids is 1. The van der Waals surface area contributed by atoms with E-state index < -0.39 is 17.5 Å². The van der Waals surface area contributed by atoms with Gasteiger partial charge in [-0.3, -0.25) is 9.69 Å². The minimum atomic E-state index is -1.25. The molecule has 0 unspecified atom stereocenters. The Morgan fingerprint density at radius 3 is 2.19 bits per heavy atom. The van der Waals surface area contributed by atoms with E-state index in [1.807, 2.05) is 18.2 Å². The van der Waals surface area contributed by atoms with Crippen LogP contribution in [-0.4, -0.2) is 48.9 Å². The maximum Gasteiger partial charge on any atom is 0.224 e. The number of hydrogen-bond acceptors (Lipinski definition) is 4. The number of halogens is 5. The average Bonchev–Trinajstić information content (AvgIpc) is 2.95. The number of carbonyl (C=O) groups is 1. The third-order valence-corrected chi connectivity index (χ3v) is 8.43. The van der Waals surface area contributed by atoms with Crippen molar-refractivity contribution in [1.29, 1.82) is 0 Å². The van der Waals surface area contributed by atoms with E-state index in [4.69, 9.17) is 4.74 Å². The summed E-state index contributed by atoms with van der Waals surface area (Å²) in [6, 6.07) is 14.7. The van der Waals surface area contributed by atoms with Gasteiger partial charge in [0.25, 0.3) is 0 Å². The van der Waals surface area contributed by atoms with E-state index in [9.17, 15) is 18.0 Å². The summed E-state index contributed by atoms with van der Waals surface area (Å²) < 4.78 is 45.9. The molecule has 5 rings (SSSR count). The molecular formula is C33H40Cl2F3N3O2. The van der Waals surface area contributed by atoms with Gasteiger partial charge >= 0.3 is 0 Å². The van der Waals surface area contributed by atoms with Gasteiger partial charge in [-0.15, -0.1) is 24.8 Å². The van der Waals surface area contributed by atoms with E-state index in [0.717, 1.165) is 69.7 Å². The van der Waals surface area contributed by atoms with Gasteiger partial charge in [-0.1, -0.05) is 18.2 Å². The highest BCUT2D eigenvalue weighted by Gasteiger charge is 2.23. The van der Waals surface area contributed by atoms with Crippen molar-refractivity contribution in [1.82, 2.24) is 9.80 Å². The minimum Gasteiger partial charge on any atom is -0.454 e. The van der Waals surface area contributed by atoms with Crippen LogP contribution in [0.1, 0.15) is 54.7 Å². The molecule has 0 aromatic heterocycles. The summed E-state index contributed by atoms with van der Waals surface area (Å²) in [6.45, 7) is 6.95. The number of piperidine rings is 2. The molecule has 0 bridgehead atoms. The molecule has 10 heteroatoms. The molecule has 234 valence electrons. The highest BCUT2D eigenvalue weighted by molar-refractivity contribution is 5.91. The van der Waals surface area contributed by atoms with Gasteiger partial charge in [0.15, 0.2) is 23.2 Å². The number of nitrogens with zero attached hydrogens (tertiary/aromatic N) is 2. The Bertz CT molecular complexity index is 1360. The van der Waals surface area contributed by atoms with Gasteiger partial charge in [-0.05, 0) is 119 Å². The van der Waals surface area contributed by atoms with Crippen LogP contribution in [0.2, 0.25) is 0 Å². The molecular weight excluding hydrogens is 598 g/mol. The van der Waals surface area contributed by atoms with Crippen LogP contribution in [-0.2, 0) is 11.3 Å². The van der Waals surface area contributed by atoms with Crippen LogP contribution in [0.25, 0.3) is 0 Å². The monoisotopic (exact) mass is 637 g/mol. The second-order valence-electron chi connectivity index (χ2n) is 11.6. The fraction of sp³-hybridized carbons (Fsp3) is 0.424. The Morgan fingerprint density at radius 1 is 0.860 bits per heavy atom. The first-order valence-electron chi connectivity index (χ1n) is 14.5. The number of aryl methyl sites for hydroxylation is 1. The Kier molecular flexibility index (Phi) is 12.8. The molecule has 43 heavy (non-hydrogen) atoms. The maximum atomic E-state index is 13.9. The number of amides is 1. The summed E-state index contributed by atoms with van der Waals surface area (Å²) in [6.07, 6.45) is 4.81. The van der Waals surface area contributed by atoms with Gasteiger partial charge < -0.3 is 15.0 Å². The predicted octanol–water partition coefficient (Wildman–Crippen LogP) is 8.10. The fourth-order valence-electron chi connectivity index (χ4n) is 5.93. The molecule has 0 aliphatic carbocycles. The number of hydrogen-bond donors (Lipinski definition) is 1. The van der Waals surface area contributed by atoms with Crippen molar-refractivity contribution < 1.29 is 22.7 Å². The van der Waals surface area contributed by atoms with Crippen molar-refractivity contribution in [2.45, 2.75) is 51.5 Å². The van der Waals surface area contributed by atoms with Crippen LogP contribution in [0.5, 0.6) is 11.5 Å². The molecule has 0 saturated carbocycles. The van der Waals surface area contributed by atoms with Crippen molar-refractivity contribution in [2.24, 2.45) is 5.92 Å². The van der Waals surface area contributed by atoms with E-state index in [1.165, 1.54) is 11.1 Å². The maximum absolute atomic E-state index is 13.9. The second-order valence-corrected chi connectivity index (χ2v) is 11.6. The highest BCUT2D eigenvalue weighted by Crippen LogP contribution is 2.33. The Hall–Kier alpha value is -2.78. The topological polar surface area (TPSA) is 44.8 Å². The van der Waals surface area contributed by atoms with E-state index in [0.29, 0.717) is 36.1 Å². The predicted molar refractivity (Wildman–Crippen MR) is 169 cm³/mol. The Balaban J connectivity index is 0.00000253. The first kappa shape index (κ1) is 34.7. The Morgan fingerprint density at radius 2 is 1.51 bits per heavy atom. The van der Waals surface area contributed by atoms with Crippen molar-refractivity contribution in [2.75, 3.05) is 38.5 Å². The van der Waals surface area contributed by atoms with Crippen molar-refractivity contribution in [3.63, 3.8) is 0 Å². The lowest BCUT2D eigenvalue weighted by Gasteiger charge is -2.33. The SMILES string of the molecule is Cc1ccc(NC(=O)CC2CCN(C)CC2)cc1C1CCN(Cc2ccc(Oc3cc(F)c(F)cc3F)cc2)CC1.Cl.Cl. The lowest BCUT2D eigenvalue weighted by atomic mass is 9.86. The molecule has 0 atom stereocenters. The van der Waals surface area contributed by atoms with Crippen LogP contribution in [0.4, 0.5) is 18.9 Å². The quantitative estimate of drug-likeness (QED) is 0.254. The summed E-state index contributed by atoms with van der Waals surface area (Å²) in [5, 5.41) is 3.15. The lowest BCUT2D eigenvalue weighted by Crippen LogP contribution is -2.32. The lowest BCUT2D eigenvalue weighted by molar-refractivity contribution is -0.117. The average molecular weight is 639 g/mol. The molecule has 2 aliphatic heterocycles. The van der Waals surface area contributed by atoms with Crippen molar-refractivity contribution in [3.05, 3.63) is 88.7 Å². The first-order valence-corrected chi connectivity index (χ1v) is 14.5. The van der Waals surface area contributed by atoms with Gasteiger partial charge in [0, 0.05) is 30.8 Å². The summed E-state index contributed by atoms with van der Waals surface area (Å²) in [4.78, 5) is 17.4. The Labute approximate surface area is 264 Å². The van der Waals surface area contributed by atoms with E-state index in [2.05, 4.69) is 41.2 Å². The zero-order valence-corrected chi connectivity index (χ0v) is 26.2. The fourth-order valence-corrected chi connectivity index (χ4v) is 5.93. The molecule has 1 amide bonds. The zero-order chi connectivity index (χ0) is 28.9. The molecule has 2 aliphatic rings. The van der Waals surface area contributed by atoms with Crippen LogP contribution in [0.15, 0.2) is 54.6 Å². The van der Waals surface area contributed by atoms with E-state index in [1.54, 1.807) is 12.1 Å². The molecule has 2 heterocycles. The van der Waals surface area contributed by atoms with Gasteiger partial charge in [-0.2, -0.15) is 0 Å². The third-order valence-electron chi connectivity index (χ3n) is 8.43. The van der Waals surface area contributed by atoms with Gasteiger partial charge in [-0.25, -0.2) is 13.2 Å².